The molecule has 1 heterocycles. The fraction of sp³-hybridized carbons (Fsp3) is 0.294. The lowest BCUT2D eigenvalue weighted by Gasteiger charge is -2.27. The summed E-state index contributed by atoms with van der Waals surface area (Å²) in [6, 6.07) is 12.7. The van der Waals surface area contributed by atoms with E-state index in [9.17, 15) is 10.2 Å². The van der Waals surface area contributed by atoms with Gasteiger partial charge >= 0.3 is 0 Å². The number of nitrogens with zero attached hydrogens (tertiary/aromatic N) is 1. The Bertz CT molecular complexity index is 621. The fourth-order valence-corrected chi connectivity index (χ4v) is 2.64. The smallest absolute Gasteiger partial charge is 0.128 e. The van der Waals surface area contributed by atoms with Gasteiger partial charge in [-0.1, -0.05) is 36.4 Å². The highest BCUT2D eigenvalue weighted by Gasteiger charge is 2.16. The average Bonchev–Trinajstić information content (AvgIpc) is 2.51. The van der Waals surface area contributed by atoms with E-state index in [1.807, 2.05) is 30.3 Å². The molecule has 4 heteroatoms. The van der Waals surface area contributed by atoms with Gasteiger partial charge in [-0.3, -0.25) is 4.90 Å². The van der Waals surface area contributed by atoms with Crippen LogP contribution in [0, 0.1) is 0 Å². The Morgan fingerprint density at radius 2 is 1.62 bits per heavy atom. The molecule has 2 aromatic carbocycles. The molecule has 0 unspecified atom stereocenters. The number of morpholine rings is 1. The summed E-state index contributed by atoms with van der Waals surface area (Å²) in [7, 11) is 0. The van der Waals surface area contributed by atoms with Gasteiger partial charge in [-0.25, -0.2) is 0 Å². The Labute approximate surface area is 124 Å². The summed E-state index contributed by atoms with van der Waals surface area (Å²) in [4.78, 5) is 2.26. The van der Waals surface area contributed by atoms with Crippen molar-refractivity contribution in [3.63, 3.8) is 0 Å². The summed E-state index contributed by atoms with van der Waals surface area (Å²) >= 11 is 0. The minimum atomic E-state index is 0.177. The van der Waals surface area contributed by atoms with Crippen LogP contribution in [-0.2, 0) is 11.3 Å². The number of ether oxygens (including phenoxy) is 1. The first-order chi connectivity index (χ1) is 10.3. The van der Waals surface area contributed by atoms with E-state index < -0.39 is 0 Å². The number of rotatable bonds is 3. The van der Waals surface area contributed by atoms with Crippen LogP contribution in [0.4, 0.5) is 0 Å². The van der Waals surface area contributed by atoms with Crippen molar-refractivity contribution in [2.75, 3.05) is 26.3 Å². The normalized spacial score (nSPS) is 16.0. The molecular formula is C17H19NO3. The molecule has 2 N–H and O–H groups in total. The Morgan fingerprint density at radius 3 is 2.38 bits per heavy atom. The van der Waals surface area contributed by atoms with Crippen LogP contribution in [0.15, 0.2) is 42.5 Å². The van der Waals surface area contributed by atoms with Crippen molar-refractivity contribution in [3.8, 4) is 22.6 Å². The van der Waals surface area contributed by atoms with E-state index in [1.165, 1.54) is 0 Å². The van der Waals surface area contributed by atoms with Crippen molar-refractivity contribution in [1.82, 2.24) is 4.90 Å². The molecule has 1 saturated heterocycles. The fourth-order valence-electron chi connectivity index (χ4n) is 2.64. The number of para-hydroxylation sites is 2. The maximum Gasteiger partial charge on any atom is 0.128 e. The first kappa shape index (κ1) is 13.9. The average molecular weight is 285 g/mol. The van der Waals surface area contributed by atoms with Gasteiger partial charge in [-0.2, -0.15) is 0 Å². The summed E-state index contributed by atoms with van der Waals surface area (Å²) < 4.78 is 5.34. The van der Waals surface area contributed by atoms with E-state index in [1.54, 1.807) is 12.1 Å². The third-order valence-electron chi connectivity index (χ3n) is 3.81. The SMILES string of the molecule is Oc1ccccc1-c1cccc(CN2CCOCC2)c1O. The van der Waals surface area contributed by atoms with E-state index in [4.69, 9.17) is 4.74 Å². The van der Waals surface area contributed by atoms with E-state index >= 15 is 0 Å². The third-order valence-corrected chi connectivity index (χ3v) is 3.81. The highest BCUT2D eigenvalue weighted by molar-refractivity contribution is 5.76. The van der Waals surface area contributed by atoms with Crippen LogP contribution < -0.4 is 0 Å². The molecule has 0 spiro atoms. The van der Waals surface area contributed by atoms with Crippen LogP contribution in [-0.4, -0.2) is 41.4 Å². The molecule has 110 valence electrons. The number of aromatic hydroxyl groups is 2. The van der Waals surface area contributed by atoms with Crippen LogP contribution in [0.2, 0.25) is 0 Å². The van der Waals surface area contributed by atoms with Crippen molar-refractivity contribution < 1.29 is 14.9 Å². The van der Waals surface area contributed by atoms with Crippen molar-refractivity contribution in [2.45, 2.75) is 6.54 Å². The number of hydrogen-bond donors (Lipinski definition) is 2. The molecule has 0 bridgehead atoms. The Balaban J connectivity index is 1.90. The summed E-state index contributed by atoms with van der Waals surface area (Å²) in [6.07, 6.45) is 0. The molecule has 0 aromatic heterocycles. The topological polar surface area (TPSA) is 52.9 Å². The number of benzene rings is 2. The highest BCUT2D eigenvalue weighted by atomic mass is 16.5. The molecule has 2 aromatic rings. The van der Waals surface area contributed by atoms with Crippen LogP contribution in [0.3, 0.4) is 0 Å². The zero-order valence-corrected chi connectivity index (χ0v) is 11.8. The van der Waals surface area contributed by atoms with E-state index in [2.05, 4.69) is 4.90 Å². The molecule has 4 nitrogen and oxygen atoms in total. The Kier molecular flexibility index (Phi) is 4.08. The van der Waals surface area contributed by atoms with Crippen LogP contribution in [0.1, 0.15) is 5.56 Å². The molecule has 0 amide bonds. The van der Waals surface area contributed by atoms with Gasteiger partial charge in [-0.15, -0.1) is 0 Å². The largest absolute Gasteiger partial charge is 0.507 e. The van der Waals surface area contributed by atoms with E-state index in [0.717, 1.165) is 31.9 Å². The van der Waals surface area contributed by atoms with Crippen LogP contribution in [0.25, 0.3) is 11.1 Å². The predicted octanol–water partition coefficient (Wildman–Crippen LogP) is 2.60. The Morgan fingerprint density at radius 1 is 0.905 bits per heavy atom. The zero-order chi connectivity index (χ0) is 14.7. The summed E-state index contributed by atoms with van der Waals surface area (Å²) in [6.45, 7) is 3.91. The highest BCUT2D eigenvalue weighted by Crippen LogP contribution is 2.37. The van der Waals surface area contributed by atoms with Crippen molar-refractivity contribution in [2.24, 2.45) is 0 Å². The number of phenols is 2. The minimum Gasteiger partial charge on any atom is -0.507 e. The second kappa shape index (κ2) is 6.16. The molecule has 1 aliphatic heterocycles. The molecule has 1 aliphatic rings. The van der Waals surface area contributed by atoms with Crippen molar-refractivity contribution in [1.29, 1.82) is 0 Å². The molecule has 0 radical (unpaired) electrons. The van der Waals surface area contributed by atoms with Crippen molar-refractivity contribution >= 4 is 0 Å². The number of phenolic OH excluding ortho intramolecular Hbond substituents is 2. The van der Waals surface area contributed by atoms with E-state index in [0.29, 0.717) is 17.7 Å². The van der Waals surface area contributed by atoms with Gasteiger partial charge in [-0.05, 0) is 6.07 Å². The second-order valence-corrected chi connectivity index (χ2v) is 5.22. The zero-order valence-electron chi connectivity index (χ0n) is 11.8. The molecular weight excluding hydrogens is 266 g/mol. The minimum absolute atomic E-state index is 0.177. The van der Waals surface area contributed by atoms with Gasteiger partial charge in [0, 0.05) is 36.3 Å². The maximum absolute atomic E-state index is 10.5. The van der Waals surface area contributed by atoms with Gasteiger partial charge < -0.3 is 14.9 Å². The number of hydrogen-bond acceptors (Lipinski definition) is 4. The summed E-state index contributed by atoms with van der Waals surface area (Å²) in [5.74, 6) is 0.418. The Hall–Kier alpha value is -2.04. The van der Waals surface area contributed by atoms with E-state index in [-0.39, 0.29) is 11.5 Å². The monoisotopic (exact) mass is 285 g/mol. The standard InChI is InChI=1S/C17H19NO3/c19-16-7-2-1-5-14(16)15-6-3-4-13(17(15)20)12-18-8-10-21-11-9-18/h1-7,19-20H,8-12H2. The van der Waals surface area contributed by atoms with Gasteiger partial charge in [0.15, 0.2) is 0 Å². The van der Waals surface area contributed by atoms with Crippen molar-refractivity contribution in [3.05, 3.63) is 48.0 Å². The second-order valence-electron chi connectivity index (χ2n) is 5.22. The van der Waals surface area contributed by atoms with Crippen LogP contribution in [0.5, 0.6) is 11.5 Å². The van der Waals surface area contributed by atoms with Gasteiger partial charge in [0.05, 0.1) is 13.2 Å². The van der Waals surface area contributed by atoms with Crippen LogP contribution >= 0.6 is 0 Å². The first-order valence-electron chi connectivity index (χ1n) is 7.15. The third kappa shape index (κ3) is 3.01. The molecule has 0 saturated carbocycles. The molecule has 0 aliphatic carbocycles. The lowest BCUT2D eigenvalue weighted by atomic mass is 10.00. The lowest BCUT2D eigenvalue weighted by molar-refractivity contribution is 0.0339. The maximum atomic E-state index is 10.5. The molecule has 21 heavy (non-hydrogen) atoms. The quantitative estimate of drug-likeness (QED) is 0.910. The van der Waals surface area contributed by atoms with Gasteiger partial charge in [0.1, 0.15) is 11.5 Å². The summed E-state index contributed by atoms with van der Waals surface area (Å²) in [5, 5.41) is 20.5. The summed E-state index contributed by atoms with van der Waals surface area (Å²) in [5.41, 5.74) is 2.19. The lowest BCUT2D eigenvalue weighted by Crippen LogP contribution is -2.35. The molecule has 3 rings (SSSR count). The molecule has 0 atom stereocenters. The van der Waals surface area contributed by atoms with Gasteiger partial charge in [0.25, 0.3) is 0 Å². The molecule has 1 fully saturated rings. The first-order valence-corrected chi connectivity index (χ1v) is 7.15. The van der Waals surface area contributed by atoms with Gasteiger partial charge in [0.2, 0.25) is 0 Å². The predicted molar refractivity (Wildman–Crippen MR) is 81.3 cm³/mol.